The van der Waals surface area contributed by atoms with Crippen molar-refractivity contribution in [2.75, 3.05) is 51.3 Å². The number of carbonyl (C=O) groups excluding carboxylic acids is 2. The molecule has 2 saturated heterocycles. The highest BCUT2D eigenvalue weighted by atomic mass is 19.1. The van der Waals surface area contributed by atoms with Crippen molar-refractivity contribution >= 4 is 34.3 Å². The lowest BCUT2D eigenvalue weighted by Gasteiger charge is -2.38. The number of allylic oxidation sites excluding steroid dienone is 4. The molecule has 41 heavy (non-hydrogen) atoms. The van der Waals surface area contributed by atoms with Gasteiger partial charge in [0.25, 0.3) is 5.91 Å². The van der Waals surface area contributed by atoms with Gasteiger partial charge in [0.1, 0.15) is 25.1 Å². The van der Waals surface area contributed by atoms with Crippen LogP contribution in [0.15, 0.2) is 53.8 Å². The van der Waals surface area contributed by atoms with E-state index in [2.05, 4.69) is 39.3 Å². The summed E-state index contributed by atoms with van der Waals surface area (Å²) in [5.41, 5.74) is 1.87. The Balaban J connectivity index is 1.46. The average Bonchev–Trinajstić information content (AvgIpc) is 3.34. The number of cyclic esters (lactones) is 1. The number of carbonyl (C=O) groups is 2. The number of nitrogens with one attached hydrogen (secondary N) is 3. The first-order valence-corrected chi connectivity index (χ1v) is 13.6. The lowest BCUT2D eigenvalue weighted by Crippen LogP contribution is -2.73. The van der Waals surface area contributed by atoms with E-state index in [0.29, 0.717) is 36.2 Å². The molecule has 3 heterocycles. The van der Waals surface area contributed by atoms with Crippen LogP contribution in [0.1, 0.15) is 24.2 Å². The average molecular weight is 566 g/mol. The van der Waals surface area contributed by atoms with E-state index in [-0.39, 0.29) is 47.8 Å². The molecule has 0 saturated carbocycles. The Kier molecular flexibility index (Phi) is 8.26. The molecule has 0 unspecified atom stereocenters. The molecule has 1 aromatic heterocycles. The Bertz CT molecular complexity index is 1460. The minimum Gasteiger partial charge on any atom is -0.462 e. The van der Waals surface area contributed by atoms with Crippen LogP contribution in [0.5, 0.6) is 6.01 Å². The summed E-state index contributed by atoms with van der Waals surface area (Å²) in [6.07, 6.45) is 5.54. The highest BCUT2D eigenvalue weighted by molar-refractivity contribution is 6.13. The van der Waals surface area contributed by atoms with Crippen molar-refractivity contribution < 1.29 is 28.8 Å². The third-order valence-electron chi connectivity index (χ3n) is 7.01. The van der Waals surface area contributed by atoms with Crippen molar-refractivity contribution in [3.05, 3.63) is 59.3 Å². The van der Waals surface area contributed by atoms with Gasteiger partial charge in [-0.15, -0.1) is 0 Å². The number of amides is 2. The van der Waals surface area contributed by atoms with Gasteiger partial charge < -0.3 is 35.2 Å². The summed E-state index contributed by atoms with van der Waals surface area (Å²) in [5, 5.41) is 16.6. The zero-order valence-electron chi connectivity index (χ0n) is 23.2. The van der Waals surface area contributed by atoms with Crippen LogP contribution in [0.4, 0.5) is 14.9 Å². The van der Waals surface area contributed by atoms with Gasteiger partial charge in [-0.3, -0.25) is 10.2 Å². The van der Waals surface area contributed by atoms with Gasteiger partial charge in [0, 0.05) is 48.1 Å². The summed E-state index contributed by atoms with van der Waals surface area (Å²) in [7, 11) is 1.77. The van der Waals surface area contributed by atoms with Crippen LogP contribution < -0.4 is 25.6 Å². The number of fused-ring (bicyclic) bond motifs is 1. The van der Waals surface area contributed by atoms with Crippen molar-refractivity contribution in [3.8, 4) is 6.01 Å². The molecular formula is C28H34FN8O4+. The van der Waals surface area contributed by atoms with Crippen LogP contribution >= 0.6 is 0 Å². The van der Waals surface area contributed by atoms with E-state index in [1.165, 1.54) is 4.90 Å². The summed E-state index contributed by atoms with van der Waals surface area (Å²) in [5.74, 6) is -1.23. The molecule has 5 N–H and O–H groups in total. The van der Waals surface area contributed by atoms with Crippen molar-refractivity contribution in [2.24, 2.45) is 0 Å². The molecule has 2 aliphatic heterocycles. The van der Waals surface area contributed by atoms with Crippen LogP contribution in [0, 0.1) is 5.41 Å². The van der Waals surface area contributed by atoms with E-state index < -0.39 is 11.7 Å². The second-order valence-electron chi connectivity index (χ2n) is 10.2. The molecule has 2 fully saturated rings. The van der Waals surface area contributed by atoms with E-state index >= 15 is 0 Å². The minimum absolute atomic E-state index is 0.0679. The minimum atomic E-state index is -0.738. The lowest BCUT2D eigenvalue weighted by atomic mass is 10.0. The normalized spacial score (nSPS) is 22.1. The van der Waals surface area contributed by atoms with Gasteiger partial charge in [-0.2, -0.15) is 4.98 Å². The van der Waals surface area contributed by atoms with Crippen LogP contribution in [0.25, 0.3) is 10.9 Å². The SMILES string of the molecule is C[NH2+]/C=C1/C=C(NC(=O)c2ccc(N3C[C@@H](C)N[C@@H](C)C3)c3cnc(OCCN4CCOC4=O)nc23)C=C(F)C1=N. The summed E-state index contributed by atoms with van der Waals surface area (Å²) in [6.45, 7) is 7.08. The van der Waals surface area contributed by atoms with Crippen LogP contribution in [0.2, 0.25) is 0 Å². The van der Waals surface area contributed by atoms with Crippen molar-refractivity contribution in [2.45, 2.75) is 25.9 Å². The number of anilines is 1. The number of benzene rings is 1. The Labute approximate surface area is 236 Å². The van der Waals surface area contributed by atoms with E-state index in [0.717, 1.165) is 24.9 Å². The number of rotatable bonds is 8. The summed E-state index contributed by atoms with van der Waals surface area (Å²) >= 11 is 0. The fourth-order valence-corrected chi connectivity index (χ4v) is 5.23. The van der Waals surface area contributed by atoms with Gasteiger partial charge in [0.05, 0.1) is 36.8 Å². The quantitative estimate of drug-likeness (QED) is 0.373. The second kappa shape index (κ2) is 12.0. The largest absolute Gasteiger partial charge is 0.462 e. The van der Waals surface area contributed by atoms with Gasteiger partial charge in [0.2, 0.25) is 0 Å². The molecule has 3 aliphatic rings. The smallest absolute Gasteiger partial charge is 0.410 e. The number of quaternary nitrogens is 1. The number of aromatic nitrogens is 2. The van der Waals surface area contributed by atoms with Gasteiger partial charge in [-0.1, -0.05) is 0 Å². The van der Waals surface area contributed by atoms with E-state index in [4.69, 9.17) is 14.9 Å². The standard InChI is InChI=1S/C28H33FN8O4/c1-16-14-37(15-17(2)33-16)23-5-4-20(26(38)34-19-10-18(12-31-3)24(30)22(29)11-19)25-21(23)13-32-27(35-25)40-8-6-36-7-9-41-28(36)39/h4-5,10-13,16-17,30-31,33H,6-9,14-15H2,1-3H3,(H,34,38)/p+1/b18-12-,30-24?/t16-,17+. The number of nitrogens with zero attached hydrogens (tertiary/aromatic N) is 4. The van der Waals surface area contributed by atoms with Gasteiger partial charge in [-0.05, 0) is 38.1 Å². The van der Waals surface area contributed by atoms with E-state index in [1.54, 1.807) is 36.9 Å². The molecule has 0 spiro atoms. The molecule has 13 heteroatoms. The van der Waals surface area contributed by atoms with Crippen molar-refractivity contribution in [3.63, 3.8) is 0 Å². The number of nitrogens with two attached hydrogens (primary N) is 1. The summed E-state index contributed by atoms with van der Waals surface area (Å²) in [4.78, 5) is 38.0. The maximum absolute atomic E-state index is 14.4. The molecule has 1 aromatic carbocycles. The Morgan fingerprint density at radius 2 is 2.10 bits per heavy atom. The summed E-state index contributed by atoms with van der Waals surface area (Å²) in [6, 6.07) is 4.17. The number of halogens is 1. The highest BCUT2D eigenvalue weighted by Crippen LogP contribution is 2.31. The lowest BCUT2D eigenvalue weighted by molar-refractivity contribution is -0.556. The Morgan fingerprint density at radius 1 is 1.32 bits per heavy atom. The second-order valence-corrected chi connectivity index (χ2v) is 10.2. The molecule has 0 bridgehead atoms. The monoisotopic (exact) mass is 565 g/mol. The van der Waals surface area contributed by atoms with Gasteiger partial charge in [0.15, 0.2) is 5.83 Å². The third-order valence-corrected chi connectivity index (χ3v) is 7.01. The molecule has 2 amide bonds. The Morgan fingerprint density at radius 3 is 2.80 bits per heavy atom. The maximum Gasteiger partial charge on any atom is 0.410 e. The molecule has 2 atom stereocenters. The molecule has 216 valence electrons. The van der Waals surface area contributed by atoms with Crippen LogP contribution in [-0.4, -0.2) is 91.1 Å². The van der Waals surface area contributed by atoms with Gasteiger partial charge in [-0.25, -0.2) is 14.2 Å². The Hall–Kier alpha value is -4.36. The first-order chi connectivity index (χ1) is 19.7. The molecule has 1 aliphatic carbocycles. The van der Waals surface area contributed by atoms with Crippen LogP contribution in [-0.2, 0) is 4.74 Å². The zero-order valence-corrected chi connectivity index (χ0v) is 23.2. The maximum atomic E-state index is 14.4. The molecule has 0 radical (unpaired) electrons. The number of hydrogen-bond donors (Lipinski definition) is 4. The number of ether oxygens (including phenoxy) is 2. The van der Waals surface area contributed by atoms with Crippen molar-refractivity contribution in [1.82, 2.24) is 25.5 Å². The molecular weight excluding hydrogens is 531 g/mol. The molecule has 12 nitrogen and oxygen atoms in total. The predicted molar refractivity (Wildman–Crippen MR) is 151 cm³/mol. The number of piperazine rings is 1. The van der Waals surface area contributed by atoms with E-state index in [1.807, 2.05) is 6.07 Å². The molecule has 5 rings (SSSR count). The molecule has 2 aromatic rings. The first-order valence-electron chi connectivity index (χ1n) is 13.6. The fourth-order valence-electron chi connectivity index (χ4n) is 5.23. The van der Waals surface area contributed by atoms with Gasteiger partial charge >= 0.3 is 12.1 Å². The number of hydrogen-bond acceptors (Lipinski definition) is 9. The first kappa shape index (κ1) is 28.2. The highest BCUT2D eigenvalue weighted by Gasteiger charge is 2.26. The van der Waals surface area contributed by atoms with Crippen LogP contribution in [0.3, 0.4) is 0 Å². The topological polar surface area (TPSA) is 149 Å². The van der Waals surface area contributed by atoms with E-state index in [9.17, 15) is 14.0 Å². The van der Waals surface area contributed by atoms with Crippen molar-refractivity contribution in [1.29, 1.82) is 5.41 Å². The fraction of sp³-hybridized carbons (Fsp3) is 0.393. The predicted octanol–water partition coefficient (Wildman–Crippen LogP) is 1.22. The summed E-state index contributed by atoms with van der Waals surface area (Å²) < 4.78 is 25.2. The zero-order chi connectivity index (χ0) is 29.1. The third kappa shape index (κ3) is 6.20.